The van der Waals surface area contributed by atoms with Crippen molar-refractivity contribution in [2.75, 3.05) is 6.54 Å². The van der Waals surface area contributed by atoms with Crippen LogP contribution in [0.4, 0.5) is 0 Å². The minimum absolute atomic E-state index is 0.574. The molecular formula is C13H25N3S. The van der Waals surface area contributed by atoms with E-state index < -0.39 is 0 Å². The molecule has 0 amide bonds. The van der Waals surface area contributed by atoms with Crippen LogP contribution in [0, 0.1) is 0 Å². The molecule has 1 aromatic heterocycles. The van der Waals surface area contributed by atoms with Crippen LogP contribution in [-0.2, 0) is 6.42 Å². The Morgan fingerprint density at radius 3 is 2.47 bits per heavy atom. The summed E-state index contributed by atoms with van der Waals surface area (Å²) in [6.45, 7) is 9.87. The predicted molar refractivity (Wildman–Crippen MR) is 74.7 cm³/mol. The average molecular weight is 255 g/mol. The molecule has 1 N–H and O–H groups in total. The van der Waals surface area contributed by atoms with E-state index in [-0.39, 0.29) is 0 Å². The highest BCUT2D eigenvalue weighted by atomic mass is 32.1. The number of nitrogens with one attached hydrogen (secondary N) is 1. The average Bonchev–Trinajstić information content (AvgIpc) is 2.75. The van der Waals surface area contributed by atoms with Crippen molar-refractivity contribution in [3.63, 3.8) is 0 Å². The molecule has 0 unspecified atom stereocenters. The molecular weight excluding hydrogens is 230 g/mol. The van der Waals surface area contributed by atoms with Gasteiger partial charge in [-0.1, -0.05) is 27.7 Å². The fourth-order valence-corrected chi connectivity index (χ4v) is 2.95. The maximum Gasteiger partial charge on any atom is 0.120 e. The van der Waals surface area contributed by atoms with E-state index >= 15 is 0 Å². The van der Waals surface area contributed by atoms with Crippen LogP contribution >= 0.6 is 11.3 Å². The van der Waals surface area contributed by atoms with E-state index in [9.17, 15) is 0 Å². The molecule has 1 aromatic rings. The Hall–Kier alpha value is -0.480. The predicted octanol–water partition coefficient (Wildman–Crippen LogP) is 3.37. The van der Waals surface area contributed by atoms with Crippen LogP contribution in [0.25, 0.3) is 0 Å². The molecule has 0 radical (unpaired) electrons. The van der Waals surface area contributed by atoms with Crippen LogP contribution in [0.2, 0.25) is 0 Å². The lowest BCUT2D eigenvalue weighted by molar-refractivity contribution is 0.569. The van der Waals surface area contributed by atoms with Crippen LogP contribution in [0.1, 0.15) is 62.9 Å². The first kappa shape index (κ1) is 14.6. The first-order valence-corrected chi connectivity index (χ1v) is 7.54. The van der Waals surface area contributed by atoms with Crippen molar-refractivity contribution in [3.05, 3.63) is 10.0 Å². The fourth-order valence-electron chi connectivity index (χ4n) is 1.80. The number of rotatable bonds is 8. The zero-order chi connectivity index (χ0) is 12.7. The lowest BCUT2D eigenvalue weighted by Gasteiger charge is -2.06. The van der Waals surface area contributed by atoms with Gasteiger partial charge in [0, 0.05) is 18.4 Å². The summed E-state index contributed by atoms with van der Waals surface area (Å²) in [5, 5.41) is 14.5. The van der Waals surface area contributed by atoms with Gasteiger partial charge in [0.25, 0.3) is 0 Å². The van der Waals surface area contributed by atoms with E-state index in [4.69, 9.17) is 0 Å². The third kappa shape index (κ3) is 5.13. The number of aromatic nitrogens is 2. The summed E-state index contributed by atoms with van der Waals surface area (Å²) in [6, 6.07) is 0.574. The molecule has 0 saturated carbocycles. The summed E-state index contributed by atoms with van der Waals surface area (Å²) in [6.07, 6.45) is 4.54. The minimum atomic E-state index is 0.574. The molecule has 0 fully saturated rings. The number of nitrogens with zero attached hydrogens (tertiary/aromatic N) is 2. The zero-order valence-electron chi connectivity index (χ0n) is 11.5. The van der Waals surface area contributed by atoms with Gasteiger partial charge < -0.3 is 5.32 Å². The van der Waals surface area contributed by atoms with E-state index in [1.54, 1.807) is 11.3 Å². The lowest BCUT2D eigenvalue weighted by Crippen LogP contribution is -2.23. The molecule has 1 heterocycles. The highest BCUT2D eigenvalue weighted by Gasteiger charge is 2.12. The Morgan fingerprint density at radius 1 is 1.18 bits per heavy atom. The molecule has 0 spiro atoms. The summed E-state index contributed by atoms with van der Waals surface area (Å²) in [5.74, 6) is 0.607. The maximum atomic E-state index is 4.32. The van der Waals surface area contributed by atoms with Gasteiger partial charge in [-0.05, 0) is 25.8 Å². The van der Waals surface area contributed by atoms with Crippen molar-refractivity contribution >= 4 is 11.3 Å². The fraction of sp³-hybridized carbons (Fsp3) is 0.846. The van der Waals surface area contributed by atoms with Crippen molar-refractivity contribution in [1.29, 1.82) is 0 Å². The quantitative estimate of drug-likeness (QED) is 0.724. The molecule has 0 aromatic carbocycles. The molecule has 3 nitrogen and oxygen atoms in total. The van der Waals surface area contributed by atoms with Gasteiger partial charge in [0.15, 0.2) is 0 Å². The minimum Gasteiger partial charge on any atom is -0.315 e. The molecule has 0 aliphatic heterocycles. The zero-order valence-corrected chi connectivity index (χ0v) is 12.3. The highest BCUT2D eigenvalue weighted by Crippen LogP contribution is 2.26. The van der Waals surface area contributed by atoms with E-state index in [2.05, 4.69) is 43.2 Å². The summed E-state index contributed by atoms with van der Waals surface area (Å²) in [5.41, 5.74) is 0. The number of hydrogen-bond acceptors (Lipinski definition) is 4. The second-order valence-electron chi connectivity index (χ2n) is 4.76. The Labute approximate surface area is 109 Å². The molecule has 0 bridgehead atoms. The summed E-state index contributed by atoms with van der Waals surface area (Å²) < 4.78 is 0. The second kappa shape index (κ2) is 7.77. The standard InChI is InChI=1S/C13H25N3S/c1-5-11(6-2)13-16-15-12(17-13)8-7-9-14-10(3)4/h10-11,14H,5-9H2,1-4H3. The molecule has 0 saturated heterocycles. The van der Waals surface area contributed by atoms with Gasteiger partial charge in [-0.25, -0.2) is 0 Å². The third-order valence-electron chi connectivity index (χ3n) is 2.94. The van der Waals surface area contributed by atoms with Crippen molar-refractivity contribution < 1.29 is 0 Å². The summed E-state index contributed by atoms with van der Waals surface area (Å²) in [7, 11) is 0. The lowest BCUT2D eigenvalue weighted by atomic mass is 10.1. The first-order chi connectivity index (χ1) is 8.17. The number of hydrogen-bond donors (Lipinski definition) is 1. The molecule has 0 aliphatic rings. The van der Waals surface area contributed by atoms with Gasteiger partial charge >= 0.3 is 0 Å². The van der Waals surface area contributed by atoms with Gasteiger partial charge in [0.2, 0.25) is 0 Å². The summed E-state index contributed by atoms with van der Waals surface area (Å²) in [4.78, 5) is 0. The Kier molecular flexibility index (Phi) is 6.66. The number of aryl methyl sites for hydroxylation is 1. The molecule has 0 aliphatic carbocycles. The molecule has 0 atom stereocenters. The molecule has 17 heavy (non-hydrogen) atoms. The van der Waals surface area contributed by atoms with E-state index in [0.29, 0.717) is 12.0 Å². The van der Waals surface area contributed by atoms with Crippen molar-refractivity contribution in [1.82, 2.24) is 15.5 Å². The van der Waals surface area contributed by atoms with Crippen LogP contribution in [0.5, 0.6) is 0 Å². The van der Waals surface area contributed by atoms with Gasteiger partial charge in [-0.2, -0.15) is 0 Å². The van der Waals surface area contributed by atoms with Gasteiger partial charge in [-0.3, -0.25) is 0 Å². The third-order valence-corrected chi connectivity index (χ3v) is 4.08. The van der Waals surface area contributed by atoms with E-state index in [0.717, 1.165) is 19.4 Å². The van der Waals surface area contributed by atoms with Gasteiger partial charge in [0.1, 0.15) is 10.0 Å². The monoisotopic (exact) mass is 255 g/mol. The van der Waals surface area contributed by atoms with Crippen LogP contribution in [0.15, 0.2) is 0 Å². The van der Waals surface area contributed by atoms with Crippen molar-refractivity contribution in [2.24, 2.45) is 0 Å². The summed E-state index contributed by atoms with van der Waals surface area (Å²) >= 11 is 1.80. The Balaban J connectivity index is 2.35. The molecule has 1 rings (SSSR count). The maximum absolute atomic E-state index is 4.32. The second-order valence-corrected chi connectivity index (χ2v) is 5.85. The highest BCUT2D eigenvalue weighted by molar-refractivity contribution is 7.11. The van der Waals surface area contributed by atoms with Crippen molar-refractivity contribution in [2.45, 2.75) is 65.3 Å². The largest absolute Gasteiger partial charge is 0.315 e. The SMILES string of the molecule is CCC(CC)c1nnc(CCCNC(C)C)s1. The normalized spacial score (nSPS) is 11.6. The van der Waals surface area contributed by atoms with E-state index in [1.807, 2.05) is 0 Å². The van der Waals surface area contributed by atoms with Crippen LogP contribution in [0.3, 0.4) is 0 Å². The van der Waals surface area contributed by atoms with Gasteiger partial charge in [-0.15, -0.1) is 21.5 Å². The smallest absolute Gasteiger partial charge is 0.120 e. The van der Waals surface area contributed by atoms with E-state index in [1.165, 1.54) is 22.9 Å². The molecule has 4 heteroatoms. The first-order valence-electron chi connectivity index (χ1n) is 6.73. The van der Waals surface area contributed by atoms with Gasteiger partial charge in [0.05, 0.1) is 0 Å². The Bertz CT molecular complexity index is 305. The van der Waals surface area contributed by atoms with Crippen LogP contribution < -0.4 is 5.32 Å². The topological polar surface area (TPSA) is 37.8 Å². The van der Waals surface area contributed by atoms with Crippen LogP contribution in [-0.4, -0.2) is 22.8 Å². The van der Waals surface area contributed by atoms with Crippen molar-refractivity contribution in [3.8, 4) is 0 Å². The molecule has 98 valence electrons. The Morgan fingerprint density at radius 2 is 1.88 bits per heavy atom.